The van der Waals surface area contributed by atoms with E-state index in [1.807, 2.05) is 4.90 Å². The van der Waals surface area contributed by atoms with Gasteiger partial charge in [-0.15, -0.1) is 11.3 Å². The third kappa shape index (κ3) is 2.64. The number of carbonyl (C=O) groups is 1. The smallest absolute Gasteiger partial charge is 0.273 e. The minimum atomic E-state index is 0.0222. The van der Waals surface area contributed by atoms with Crippen molar-refractivity contribution in [2.24, 2.45) is 5.92 Å². The molecule has 6 heteroatoms. The summed E-state index contributed by atoms with van der Waals surface area (Å²) >= 11 is 1.32. The Hall–Kier alpha value is -1.14. The van der Waals surface area contributed by atoms with Crippen molar-refractivity contribution >= 4 is 22.4 Å². The van der Waals surface area contributed by atoms with Gasteiger partial charge in [-0.1, -0.05) is 0 Å². The predicted octanol–water partition coefficient (Wildman–Crippen LogP) is 0.893. The van der Waals surface area contributed by atoms with Gasteiger partial charge in [-0.25, -0.2) is 4.98 Å². The molecule has 0 atom stereocenters. The molecule has 0 radical (unpaired) electrons. The Morgan fingerprint density at radius 3 is 2.67 bits per heavy atom. The van der Waals surface area contributed by atoms with Gasteiger partial charge in [-0.2, -0.15) is 0 Å². The fraction of sp³-hybridized carbons (Fsp3) is 0.667. The van der Waals surface area contributed by atoms with Crippen LogP contribution in [0.15, 0.2) is 5.38 Å². The minimum Gasteiger partial charge on any atom is -0.375 e. The highest BCUT2D eigenvalue weighted by atomic mass is 32.1. The molecule has 1 aromatic rings. The number of hydrogen-bond acceptors (Lipinski definition) is 5. The highest BCUT2D eigenvalue weighted by molar-refractivity contribution is 7.13. The van der Waals surface area contributed by atoms with Crippen LogP contribution in [0.3, 0.4) is 0 Å². The number of hydrogen-bond donors (Lipinski definition) is 1. The molecule has 2 aliphatic rings. The Bertz CT molecular complexity index is 435. The zero-order valence-electron chi connectivity index (χ0n) is 10.3. The highest BCUT2D eigenvalue weighted by Crippen LogP contribution is 2.30. The van der Waals surface area contributed by atoms with Crippen LogP contribution in [0.2, 0.25) is 0 Å². The lowest BCUT2D eigenvalue weighted by Gasteiger charge is -2.34. The van der Waals surface area contributed by atoms with Crippen molar-refractivity contribution in [3.63, 3.8) is 0 Å². The van der Waals surface area contributed by atoms with E-state index in [9.17, 15) is 4.79 Å². The lowest BCUT2D eigenvalue weighted by atomic mass is 10.2. The molecule has 98 valence electrons. The van der Waals surface area contributed by atoms with Crippen LogP contribution in [0, 0.1) is 5.92 Å². The number of aromatic nitrogens is 1. The zero-order chi connectivity index (χ0) is 12.5. The van der Waals surface area contributed by atoms with E-state index >= 15 is 0 Å². The molecule has 3 rings (SSSR count). The number of anilines is 1. The van der Waals surface area contributed by atoms with Crippen molar-refractivity contribution in [3.8, 4) is 0 Å². The average molecular weight is 266 g/mol. The maximum Gasteiger partial charge on any atom is 0.273 e. The van der Waals surface area contributed by atoms with Gasteiger partial charge in [-0.3, -0.25) is 9.69 Å². The standard InChI is InChI=1S/C12H18N4OS/c13-12-14-10(8-18-12)11(17)16-5-3-15(4-6-16)7-9-1-2-9/h8-9H,1-7H2,(H2,13,14). The Kier molecular flexibility index (Phi) is 3.22. The lowest BCUT2D eigenvalue weighted by molar-refractivity contribution is 0.0627. The number of rotatable bonds is 3. The molecule has 2 fully saturated rings. The van der Waals surface area contributed by atoms with E-state index in [4.69, 9.17) is 5.73 Å². The van der Waals surface area contributed by atoms with Crippen LogP contribution in [0.5, 0.6) is 0 Å². The van der Waals surface area contributed by atoms with Crippen molar-refractivity contribution in [1.29, 1.82) is 0 Å². The predicted molar refractivity (Wildman–Crippen MR) is 71.6 cm³/mol. The second-order valence-electron chi connectivity index (χ2n) is 5.11. The monoisotopic (exact) mass is 266 g/mol. The van der Waals surface area contributed by atoms with E-state index < -0.39 is 0 Å². The summed E-state index contributed by atoms with van der Waals surface area (Å²) in [5.41, 5.74) is 6.05. The molecule has 1 aliphatic heterocycles. The van der Waals surface area contributed by atoms with Crippen molar-refractivity contribution in [2.45, 2.75) is 12.8 Å². The largest absolute Gasteiger partial charge is 0.375 e. The second-order valence-corrected chi connectivity index (χ2v) is 6.00. The number of carbonyl (C=O) groups excluding carboxylic acids is 1. The van der Waals surface area contributed by atoms with Crippen molar-refractivity contribution in [2.75, 3.05) is 38.5 Å². The summed E-state index contributed by atoms with van der Waals surface area (Å²) in [6.07, 6.45) is 2.77. The second kappa shape index (κ2) is 4.85. The van der Waals surface area contributed by atoms with Gasteiger partial charge in [0.25, 0.3) is 5.91 Å². The van der Waals surface area contributed by atoms with Crippen LogP contribution in [0.25, 0.3) is 0 Å². The first-order valence-corrected chi connectivity index (χ1v) is 7.33. The number of amides is 1. The number of nitrogen functional groups attached to an aromatic ring is 1. The summed E-state index contributed by atoms with van der Waals surface area (Å²) in [6, 6.07) is 0. The van der Waals surface area contributed by atoms with Gasteiger partial charge in [0, 0.05) is 38.1 Å². The van der Waals surface area contributed by atoms with Gasteiger partial charge < -0.3 is 10.6 Å². The molecular weight excluding hydrogens is 248 g/mol. The topological polar surface area (TPSA) is 62.5 Å². The first-order chi connectivity index (χ1) is 8.72. The Morgan fingerprint density at radius 2 is 2.11 bits per heavy atom. The van der Waals surface area contributed by atoms with E-state index in [2.05, 4.69) is 9.88 Å². The molecular formula is C12H18N4OS. The third-order valence-electron chi connectivity index (χ3n) is 3.61. The van der Waals surface area contributed by atoms with Crippen LogP contribution >= 0.6 is 11.3 Å². The average Bonchev–Trinajstić information content (AvgIpc) is 3.09. The fourth-order valence-corrected chi connectivity index (χ4v) is 2.88. The van der Waals surface area contributed by atoms with Crippen LogP contribution in [0.1, 0.15) is 23.3 Å². The molecule has 1 aromatic heterocycles. The SMILES string of the molecule is Nc1nc(C(=O)N2CCN(CC3CC3)CC2)cs1. The summed E-state index contributed by atoms with van der Waals surface area (Å²) in [7, 11) is 0. The molecule has 0 bridgehead atoms. The van der Waals surface area contributed by atoms with Gasteiger partial charge in [0.1, 0.15) is 5.69 Å². The Labute approximate surface area is 111 Å². The Balaban J connectivity index is 1.53. The van der Waals surface area contributed by atoms with E-state index in [0.717, 1.165) is 32.1 Å². The molecule has 0 aromatic carbocycles. The molecule has 1 aliphatic carbocycles. The fourth-order valence-electron chi connectivity index (χ4n) is 2.35. The number of thiazole rings is 1. The molecule has 0 spiro atoms. The van der Waals surface area contributed by atoms with Crippen molar-refractivity contribution in [1.82, 2.24) is 14.8 Å². The quantitative estimate of drug-likeness (QED) is 0.882. The number of piperazine rings is 1. The number of nitrogens with two attached hydrogens (primary N) is 1. The third-order valence-corrected chi connectivity index (χ3v) is 4.29. The minimum absolute atomic E-state index is 0.0222. The van der Waals surface area contributed by atoms with E-state index in [-0.39, 0.29) is 5.91 Å². The van der Waals surface area contributed by atoms with Crippen molar-refractivity contribution < 1.29 is 4.79 Å². The van der Waals surface area contributed by atoms with Gasteiger partial charge in [0.2, 0.25) is 0 Å². The van der Waals surface area contributed by atoms with Crippen LogP contribution in [-0.4, -0.2) is 53.4 Å². The summed E-state index contributed by atoms with van der Waals surface area (Å²) in [5, 5.41) is 2.21. The molecule has 2 N–H and O–H groups in total. The summed E-state index contributed by atoms with van der Waals surface area (Å²) < 4.78 is 0. The van der Waals surface area contributed by atoms with Gasteiger partial charge in [-0.05, 0) is 18.8 Å². The molecule has 1 amide bonds. The van der Waals surface area contributed by atoms with Crippen LogP contribution in [-0.2, 0) is 0 Å². The molecule has 5 nitrogen and oxygen atoms in total. The molecule has 0 unspecified atom stereocenters. The van der Waals surface area contributed by atoms with Gasteiger partial charge in [0.05, 0.1) is 0 Å². The molecule has 1 saturated heterocycles. The normalized spacial score (nSPS) is 21.2. The number of nitrogens with zero attached hydrogens (tertiary/aromatic N) is 3. The first-order valence-electron chi connectivity index (χ1n) is 6.45. The first kappa shape index (κ1) is 11.9. The van der Waals surface area contributed by atoms with E-state index in [1.54, 1.807) is 5.38 Å². The Morgan fingerprint density at radius 1 is 1.39 bits per heavy atom. The van der Waals surface area contributed by atoms with E-state index in [1.165, 1.54) is 30.7 Å². The van der Waals surface area contributed by atoms with Gasteiger partial charge >= 0.3 is 0 Å². The molecule has 2 heterocycles. The van der Waals surface area contributed by atoms with Crippen molar-refractivity contribution in [3.05, 3.63) is 11.1 Å². The van der Waals surface area contributed by atoms with Gasteiger partial charge in [0.15, 0.2) is 5.13 Å². The highest BCUT2D eigenvalue weighted by Gasteiger charge is 2.28. The van der Waals surface area contributed by atoms with Crippen LogP contribution < -0.4 is 5.73 Å². The van der Waals surface area contributed by atoms with Crippen LogP contribution in [0.4, 0.5) is 5.13 Å². The zero-order valence-corrected chi connectivity index (χ0v) is 11.2. The maximum absolute atomic E-state index is 12.2. The van der Waals surface area contributed by atoms with E-state index in [0.29, 0.717) is 10.8 Å². The molecule has 1 saturated carbocycles. The maximum atomic E-state index is 12.2. The summed E-state index contributed by atoms with van der Waals surface area (Å²) in [4.78, 5) is 20.6. The summed E-state index contributed by atoms with van der Waals surface area (Å²) in [6.45, 7) is 4.81. The lowest BCUT2D eigenvalue weighted by Crippen LogP contribution is -2.49. The molecule has 18 heavy (non-hydrogen) atoms. The summed E-state index contributed by atoms with van der Waals surface area (Å²) in [5.74, 6) is 0.944.